The molecule has 1 aromatic heterocycles. The van der Waals surface area contributed by atoms with E-state index in [-0.39, 0.29) is 11.8 Å². The Hall–Kier alpha value is -1.53. The molecular formula is C14H21N3O3. The zero-order chi connectivity index (χ0) is 14.4. The number of ether oxygens (including phenoxy) is 1. The Morgan fingerprint density at radius 3 is 3.05 bits per heavy atom. The molecule has 110 valence electrons. The first kappa shape index (κ1) is 14.9. The Kier molecular flexibility index (Phi) is 5.43. The summed E-state index contributed by atoms with van der Waals surface area (Å²) >= 11 is 0. The van der Waals surface area contributed by atoms with E-state index < -0.39 is 6.10 Å². The van der Waals surface area contributed by atoms with Crippen molar-refractivity contribution in [1.29, 1.82) is 0 Å². The van der Waals surface area contributed by atoms with Gasteiger partial charge in [0.15, 0.2) is 0 Å². The fourth-order valence-corrected chi connectivity index (χ4v) is 2.42. The largest absolute Gasteiger partial charge is 0.391 e. The van der Waals surface area contributed by atoms with E-state index in [1.807, 2.05) is 6.92 Å². The number of β-amino-alcohol motifs (C(OH)–C–C–N with tert-alkyl or cyclic N) is 1. The Balaban J connectivity index is 1.84. The van der Waals surface area contributed by atoms with Gasteiger partial charge in [0.2, 0.25) is 5.91 Å². The van der Waals surface area contributed by atoms with E-state index in [1.165, 1.54) is 0 Å². The first-order chi connectivity index (χ1) is 9.70. The summed E-state index contributed by atoms with van der Waals surface area (Å²) in [7, 11) is 0. The van der Waals surface area contributed by atoms with E-state index in [0.717, 1.165) is 5.69 Å². The average Bonchev–Trinajstić information content (AvgIpc) is 2.82. The van der Waals surface area contributed by atoms with Crippen molar-refractivity contribution in [2.24, 2.45) is 5.92 Å². The van der Waals surface area contributed by atoms with Gasteiger partial charge in [0.05, 0.1) is 24.8 Å². The standard InChI is InChI=1S/C14H21N3O3/c1-2-20-6-3-14(19)17-9-11(13(18)10-17)7-12-8-15-4-5-16-12/h4-5,8,11,13,18H,2-3,6-7,9-10H2,1H3/t11-,13-/m1/s1. The number of amides is 1. The lowest BCUT2D eigenvalue weighted by Gasteiger charge is -2.15. The third kappa shape index (κ3) is 3.98. The number of hydrogen-bond acceptors (Lipinski definition) is 5. The Bertz CT molecular complexity index is 427. The first-order valence-corrected chi connectivity index (χ1v) is 6.99. The molecule has 1 aromatic rings. The summed E-state index contributed by atoms with van der Waals surface area (Å²) in [4.78, 5) is 21.9. The Labute approximate surface area is 118 Å². The molecule has 1 aliphatic rings. The van der Waals surface area contributed by atoms with Crippen LogP contribution in [0.15, 0.2) is 18.6 Å². The van der Waals surface area contributed by atoms with Gasteiger partial charge in [-0.2, -0.15) is 0 Å². The minimum Gasteiger partial charge on any atom is -0.391 e. The molecule has 20 heavy (non-hydrogen) atoms. The van der Waals surface area contributed by atoms with Crippen molar-refractivity contribution >= 4 is 5.91 Å². The summed E-state index contributed by atoms with van der Waals surface area (Å²) in [5.74, 6) is 0.0712. The van der Waals surface area contributed by atoms with Crippen LogP contribution in [0.3, 0.4) is 0 Å². The molecule has 1 aliphatic heterocycles. The molecule has 0 radical (unpaired) electrons. The number of hydrogen-bond donors (Lipinski definition) is 1. The minimum atomic E-state index is -0.493. The maximum atomic E-state index is 12.0. The zero-order valence-corrected chi connectivity index (χ0v) is 11.7. The van der Waals surface area contributed by atoms with E-state index in [4.69, 9.17) is 4.74 Å². The van der Waals surface area contributed by atoms with Crippen molar-refractivity contribution in [1.82, 2.24) is 14.9 Å². The highest BCUT2D eigenvalue weighted by molar-refractivity contribution is 5.76. The molecule has 0 unspecified atom stereocenters. The molecular weight excluding hydrogens is 258 g/mol. The molecule has 1 N–H and O–H groups in total. The van der Waals surface area contributed by atoms with Crippen molar-refractivity contribution < 1.29 is 14.6 Å². The van der Waals surface area contributed by atoms with Gasteiger partial charge in [-0.3, -0.25) is 14.8 Å². The monoisotopic (exact) mass is 279 g/mol. The zero-order valence-electron chi connectivity index (χ0n) is 11.7. The molecule has 1 saturated heterocycles. The van der Waals surface area contributed by atoms with E-state index in [1.54, 1.807) is 23.5 Å². The molecule has 0 aliphatic carbocycles. The van der Waals surface area contributed by atoms with Crippen LogP contribution in [0.5, 0.6) is 0 Å². The van der Waals surface area contributed by atoms with Gasteiger partial charge in [-0.25, -0.2) is 0 Å². The summed E-state index contributed by atoms with van der Waals surface area (Å²) < 4.78 is 5.18. The fraction of sp³-hybridized carbons (Fsp3) is 0.643. The maximum absolute atomic E-state index is 12.0. The average molecular weight is 279 g/mol. The van der Waals surface area contributed by atoms with Crippen LogP contribution in [-0.2, 0) is 16.0 Å². The van der Waals surface area contributed by atoms with E-state index in [2.05, 4.69) is 9.97 Å². The van der Waals surface area contributed by atoms with Gasteiger partial charge < -0.3 is 14.7 Å². The van der Waals surface area contributed by atoms with Gasteiger partial charge in [0, 0.05) is 44.2 Å². The van der Waals surface area contributed by atoms with E-state index in [0.29, 0.717) is 39.1 Å². The summed E-state index contributed by atoms with van der Waals surface area (Å²) in [5.41, 5.74) is 0.847. The van der Waals surface area contributed by atoms with Gasteiger partial charge in [-0.05, 0) is 13.3 Å². The number of aliphatic hydroxyl groups excluding tert-OH is 1. The Morgan fingerprint density at radius 2 is 2.35 bits per heavy atom. The highest BCUT2D eigenvalue weighted by atomic mass is 16.5. The van der Waals surface area contributed by atoms with Crippen LogP contribution in [0, 0.1) is 5.92 Å². The molecule has 0 saturated carbocycles. The molecule has 0 spiro atoms. The third-order valence-corrected chi connectivity index (χ3v) is 3.51. The summed E-state index contributed by atoms with van der Waals surface area (Å²) in [6.45, 7) is 3.93. The molecule has 1 fully saturated rings. The van der Waals surface area contributed by atoms with Crippen LogP contribution in [-0.4, -0.2) is 58.3 Å². The number of aliphatic hydroxyl groups is 1. The topological polar surface area (TPSA) is 75.5 Å². The van der Waals surface area contributed by atoms with E-state index >= 15 is 0 Å². The second kappa shape index (κ2) is 7.31. The summed E-state index contributed by atoms with van der Waals surface area (Å²) in [6.07, 6.45) is 5.49. The van der Waals surface area contributed by atoms with Gasteiger partial charge in [-0.15, -0.1) is 0 Å². The number of carbonyl (C=O) groups is 1. The van der Waals surface area contributed by atoms with Gasteiger partial charge in [-0.1, -0.05) is 0 Å². The molecule has 1 amide bonds. The van der Waals surface area contributed by atoms with Crippen LogP contribution >= 0.6 is 0 Å². The van der Waals surface area contributed by atoms with Crippen LogP contribution < -0.4 is 0 Å². The lowest BCUT2D eigenvalue weighted by atomic mass is 10.0. The fourth-order valence-electron chi connectivity index (χ4n) is 2.42. The van der Waals surface area contributed by atoms with Gasteiger partial charge in [0.25, 0.3) is 0 Å². The van der Waals surface area contributed by atoms with Crippen molar-refractivity contribution in [3.63, 3.8) is 0 Å². The summed E-state index contributed by atoms with van der Waals surface area (Å²) in [6, 6.07) is 0. The van der Waals surface area contributed by atoms with Crippen LogP contribution in [0.25, 0.3) is 0 Å². The quantitative estimate of drug-likeness (QED) is 0.756. The number of aromatic nitrogens is 2. The number of nitrogens with zero attached hydrogens (tertiary/aromatic N) is 3. The normalized spacial score (nSPS) is 22.2. The lowest BCUT2D eigenvalue weighted by molar-refractivity contribution is -0.131. The maximum Gasteiger partial charge on any atom is 0.224 e. The van der Waals surface area contributed by atoms with Crippen molar-refractivity contribution in [3.05, 3.63) is 24.3 Å². The lowest BCUT2D eigenvalue weighted by Crippen LogP contribution is -2.30. The minimum absolute atomic E-state index is 0.0303. The highest BCUT2D eigenvalue weighted by Gasteiger charge is 2.33. The van der Waals surface area contributed by atoms with Crippen molar-refractivity contribution in [2.45, 2.75) is 25.9 Å². The second-order valence-electron chi connectivity index (χ2n) is 4.97. The Morgan fingerprint density at radius 1 is 1.50 bits per heavy atom. The third-order valence-electron chi connectivity index (χ3n) is 3.51. The molecule has 0 bridgehead atoms. The SMILES string of the molecule is CCOCCC(=O)N1C[C@@H](Cc2cnccn2)[C@H](O)C1. The van der Waals surface area contributed by atoms with E-state index in [9.17, 15) is 9.90 Å². The number of rotatable bonds is 6. The molecule has 2 rings (SSSR count). The molecule has 0 aromatic carbocycles. The van der Waals surface area contributed by atoms with Crippen molar-refractivity contribution in [3.8, 4) is 0 Å². The van der Waals surface area contributed by atoms with Crippen molar-refractivity contribution in [2.75, 3.05) is 26.3 Å². The van der Waals surface area contributed by atoms with Crippen LogP contribution in [0.4, 0.5) is 0 Å². The number of likely N-dealkylation sites (tertiary alicyclic amines) is 1. The number of carbonyl (C=O) groups excluding carboxylic acids is 1. The smallest absolute Gasteiger partial charge is 0.224 e. The predicted octanol–water partition coefficient (Wildman–Crippen LogP) is 0.265. The molecule has 6 nitrogen and oxygen atoms in total. The first-order valence-electron chi connectivity index (χ1n) is 6.99. The highest BCUT2D eigenvalue weighted by Crippen LogP contribution is 2.21. The van der Waals surface area contributed by atoms with Crippen LogP contribution in [0.1, 0.15) is 19.0 Å². The molecule has 2 atom stereocenters. The second-order valence-corrected chi connectivity index (χ2v) is 4.97. The van der Waals surface area contributed by atoms with Gasteiger partial charge >= 0.3 is 0 Å². The summed E-state index contributed by atoms with van der Waals surface area (Å²) in [5, 5.41) is 10.1. The van der Waals surface area contributed by atoms with Gasteiger partial charge in [0.1, 0.15) is 0 Å². The molecule has 6 heteroatoms. The predicted molar refractivity (Wildman–Crippen MR) is 72.9 cm³/mol. The van der Waals surface area contributed by atoms with Crippen LogP contribution in [0.2, 0.25) is 0 Å². The molecule has 2 heterocycles.